The summed E-state index contributed by atoms with van der Waals surface area (Å²) < 4.78 is 11.4. The van der Waals surface area contributed by atoms with Gasteiger partial charge < -0.3 is 9.47 Å². The van der Waals surface area contributed by atoms with Gasteiger partial charge in [0.05, 0.1) is 12.2 Å². The molecule has 0 amide bonds. The predicted molar refractivity (Wildman–Crippen MR) is 395 cm³/mol. The number of hydrogen-bond acceptors (Lipinski definition) is 3. The molecule has 2 atom stereocenters. The van der Waals surface area contributed by atoms with Crippen molar-refractivity contribution in [3.63, 3.8) is 0 Å². The number of ketones is 1. The van der Waals surface area contributed by atoms with E-state index in [1.807, 2.05) is 21.1 Å². The average molecular weight is 1210 g/mol. The first-order chi connectivity index (χ1) is 41.3. The largest absolute Gasteiger partial charge is 0.379 e. The van der Waals surface area contributed by atoms with Gasteiger partial charge in [-0.1, -0.05) is 380 Å². The fourth-order valence-electron chi connectivity index (χ4n) is 10.6. The van der Waals surface area contributed by atoms with Gasteiger partial charge in [0.15, 0.2) is 0 Å². The molecule has 0 bridgehead atoms. The van der Waals surface area contributed by atoms with Crippen LogP contribution < -0.4 is 0 Å². The fraction of sp³-hybridized carbons (Fsp3) is 0.886. The van der Waals surface area contributed by atoms with Crippen molar-refractivity contribution < 1.29 is 14.3 Å². The molecule has 0 aromatic heterocycles. The lowest BCUT2D eigenvalue weighted by molar-refractivity contribution is -0.119. The van der Waals surface area contributed by atoms with Gasteiger partial charge in [-0.3, -0.25) is 4.79 Å². The van der Waals surface area contributed by atoms with E-state index in [0.717, 1.165) is 51.4 Å². The Balaban J connectivity index is -0.000000308. The molecule has 0 saturated carbocycles. The van der Waals surface area contributed by atoms with E-state index >= 15 is 0 Å². The second kappa shape index (κ2) is 93.0. The maximum atomic E-state index is 11.6. The maximum absolute atomic E-state index is 11.6. The topological polar surface area (TPSA) is 35.5 Å². The van der Waals surface area contributed by atoms with Crippen molar-refractivity contribution in [2.24, 2.45) is 0 Å². The number of hydrogen-bond donors (Lipinski definition) is 0. The van der Waals surface area contributed by atoms with Gasteiger partial charge in [-0.2, -0.15) is 0 Å². The third-order valence-corrected chi connectivity index (χ3v) is 18.6. The Morgan fingerprint density at radius 3 is 1.04 bits per heavy atom. The third kappa shape index (κ3) is 94.5. The van der Waals surface area contributed by atoms with E-state index in [1.165, 1.54) is 318 Å². The van der Waals surface area contributed by atoms with Gasteiger partial charge >= 0.3 is 0 Å². The van der Waals surface area contributed by atoms with E-state index in [2.05, 4.69) is 104 Å². The van der Waals surface area contributed by atoms with Gasteiger partial charge in [-0.05, 0) is 64.3 Å². The van der Waals surface area contributed by atoms with Crippen LogP contribution in [0.5, 0.6) is 0 Å². The summed E-state index contributed by atoms with van der Waals surface area (Å²) in [7, 11) is 5.38. The van der Waals surface area contributed by atoms with Crippen LogP contribution in [0.1, 0.15) is 409 Å². The van der Waals surface area contributed by atoms with E-state index in [4.69, 9.17) is 9.47 Å². The molecule has 0 aromatic rings. The molecule has 502 valence electrons. The van der Waals surface area contributed by atoms with E-state index in [9.17, 15) is 4.79 Å². The number of methoxy groups -OCH3 is 2. The molecule has 0 radical (unpaired) electrons. The van der Waals surface area contributed by atoms with Crippen LogP contribution in [0.3, 0.4) is 0 Å². The van der Waals surface area contributed by atoms with E-state index < -0.39 is 0 Å². The van der Waals surface area contributed by atoms with Crippen LogP contribution in [0.4, 0.5) is 0 Å². The first-order valence-electron chi connectivity index (χ1n) is 38.3. The molecule has 5 heteroatoms. The number of carbonyl (C=O) groups excluding carboxylic acids is 1. The van der Waals surface area contributed by atoms with Crippen molar-refractivity contribution in [3.8, 4) is 11.8 Å². The summed E-state index contributed by atoms with van der Waals surface area (Å²) in [5.74, 6) is 6.53. The monoisotopic (exact) mass is 1210 g/mol. The minimum Gasteiger partial charge on any atom is -0.379 e. The van der Waals surface area contributed by atoms with Crippen molar-refractivity contribution in [2.75, 3.05) is 14.2 Å². The van der Waals surface area contributed by atoms with Gasteiger partial charge in [-0.15, -0.1) is 11.8 Å². The molecule has 84 heavy (non-hydrogen) atoms. The lowest BCUT2D eigenvalue weighted by Crippen LogP contribution is -2.30. The highest BCUT2D eigenvalue weighted by molar-refractivity contribution is 6.35. The molecule has 1 aliphatic carbocycles. The van der Waals surface area contributed by atoms with Gasteiger partial charge in [-0.25, -0.2) is 0 Å². The molecule has 0 heterocycles. The zero-order valence-corrected chi connectivity index (χ0v) is 63.8. The molecule has 0 saturated heterocycles. The van der Waals surface area contributed by atoms with Gasteiger partial charge in [0.2, 0.25) is 0 Å². The van der Waals surface area contributed by atoms with Gasteiger partial charge in [0.1, 0.15) is 5.78 Å². The normalized spacial score (nSPS) is 12.1. The van der Waals surface area contributed by atoms with Crippen molar-refractivity contribution >= 4 is 25.5 Å². The molecule has 0 fully saturated rings. The Bertz CT molecular complexity index is 1250. The lowest BCUT2D eigenvalue weighted by atomic mass is 9.99. The summed E-state index contributed by atoms with van der Waals surface area (Å²) in [4.78, 5) is 11.6. The molecular weight excluding hydrogens is 1050 g/mol. The summed E-state index contributed by atoms with van der Waals surface area (Å²) >= 11 is 0. The van der Waals surface area contributed by atoms with E-state index in [0.29, 0.717) is 15.3 Å². The average Bonchev–Trinajstić information content (AvgIpc) is 4.13. The third-order valence-electron chi connectivity index (χ3n) is 16.4. The summed E-state index contributed by atoms with van der Waals surface area (Å²) in [5, 5.41) is 0. The number of rotatable bonds is 58. The van der Waals surface area contributed by atoms with Crippen molar-refractivity contribution in [2.45, 2.75) is 439 Å². The number of carbonyl (C=O) groups is 1. The standard InChI is InChI=1S/C20H42O2.C18H36O.C12H28Si.C12H26Si.C12H22.C5H6/c1-5-7-9-11-12-14-16-18-20(22-4)19(21-3)17-15-13-10-8-6-2;1-3-5-7-9-10-11-13-15-17-18(19)16-14-12-8-6-4-2;1-3-5-6-7-8-9-10-11-12-13-4-2;1-2-3-4-5-6-7-8-9-10-11-12-13;1-3-5-7-9-11-12-10-8-6-4-2;1-2-4-5-3-1/h19-20H,5-18H2,1-4H3;3-17H2,1-2H3;3-13H2,1-2H3;10-11H,2-9,12H2,1,13H3;3,5,7-12H2,1-2H3;1-4H,5H2. The second-order valence-electron chi connectivity index (χ2n) is 25.0. The Morgan fingerprint density at radius 2 is 0.738 bits per heavy atom. The van der Waals surface area contributed by atoms with Gasteiger partial charge in [0, 0.05) is 53.2 Å². The van der Waals surface area contributed by atoms with Crippen LogP contribution in [0, 0.1) is 11.8 Å². The van der Waals surface area contributed by atoms with E-state index in [1.54, 1.807) is 6.04 Å². The number of unbranched alkanes of at least 4 members (excludes halogenated alkanes) is 42. The van der Waals surface area contributed by atoms with E-state index in [-0.39, 0.29) is 12.2 Å². The Morgan fingerprint density at radius 1 is 0.429 bits per heavy atom. The summed E-state index contributed by atoms with van der Waals surface area (Å²) in [5.41, 5.74) is 0. The van der Waals surface area contributed by atoms with Crippen LogP contribution in [0.25, 0.3) is 0 Å². The molecule has 0 aliphatic heterocycles. The number of Topliss-reactive ketones (excluding diaryl/α,β-unsaturated/α-hetero) is 1. The molecule has 0 aromatic carbocycles. The minimum absolute atomic E-state index is 0.284. The van der Waals surface area contributed by atoms with Crippen molar-refractivity contribution in [3.05, 3.63) is 36.5 Å². The Hall–Kier alpha value is -1.20. The highest BCUT2D eigenvalue weighted by atomic mass is 28.2. The molecule has 0 N–H and O–H groups in total. The van der Waals surface area contributed by atoms with Crippen LogP contribution in [0.15, 0.2) is 36.5 Å². The van der Waals surface area contributed by atoms with Crippen LogP contribution in [-0.2, 0) is 14.3 Å². The van der Waals surface area contributed by atoms with Crippen molar-refractivity contribution in [1.82, 2.24) is 0 Å². The summed E-state index contributed by atoms with van der Waals surface area (Å²) in [6.07, 6.45) is 85.7. The zero-order valence-electron chi connectivity index (χ0n) is 60.4. The van der Waals surface area contributed by atoms with Crippen molar-refractivity contribution in [1.29, 1.82) is 0 Å². The highest BCUT2D eigenvalue weighted by Crippen LogP contribution is 2.20. The first-order valence-corrected chi connectivity index (χ1v) is 41.7. The van der Waals surface area contributed by atoms with Crippen LogP contribution in [0.2, 0.25) is 18.1 Å². The molecular formula is C79H160O3Si2. The smallest absolute Gasteiger partial charge is 0.132 e. The Kier molecular flexibility index (Phi) is 101. The molecule has 1 rings (SSSR count). The highest BCUT2D eigenvalue weighted by Gasteiger charge is 2.20. The predicted octanol–water partition coefficient (Wildman–Crippen LogP) is 26.2. The van der Waals surface area contributed by atoms with Crippen LogP contribution in [-0.4, -0.2) is 52.0 Å². The summed E-state index contributed by atoms with van der Waals surface area (Å²) in [6, 6.07) is 4.44. The quantitative estimate of drug-likeness (QED) is 0.0263. The lowest BCUT2D eigenvalue weighted by Gasteiger charge is -2.25. The second-order valence-corrected chi connectivity index (χ2v) is 28.2. The minimum atomic E-state index is 0.284. The zero-order chi connectivity index (χ0) is 62.8. The Labute approximate surface area is 538 Å². The number of allylic oxidation sites excluding steroid dienone is 6. The SMILES string of the molecule is C1=CCC=C1.CC#CCCCCCCCCC.CCCCCCCCCC(OC)C(CCCCCCC)OC.CCCCCCCCCC=CC[SiH3].CCCCCCCCCCC(=O)CCCCCCC.CCCCCCCCCC[SiH2]CC. The van der Waals surface area contributed by atoms with Crippen LogP contribution >= 0.6 is 0 Å². The summed E-state index contributed by atoms with van der Waals surface area (Å²) in [6.45, 7) is 20.1. The van der Waals surface area contributed by atoms with Gasteiger partial charge in [0.25, 0.3) is 0 Å². The molecule has 3 nitrogen and oxygen atoms in total. The fourth-order valence-corrected chi connectivity index (χ4v) is 12.1. The molecule has 2 unspecified atom stereocenters. The first kappa shape index (κ1) is 91.5. The molecule has 0 spiro atoms. The number of ether oxygens (including phenoxy) is 2. The maximum Gasteiger partial charge on any atom is 0.132 e. The molecule has 1 aliphatic rings.